The molecule has 0 amide bonds. The summed E-state index contributed by atoms with van der Waals surface area (Å²) in [5, 5.41) is 6.68. The molecule has 0 atom stereocenters. The van der Waals surface area contributed by atoms with Crippen LogP contribution >= 0.6 is 0 Å². The summed E-state index contributed by atoms with van der Waals surface area (Å²) < 4.78 is 9.30. The highest BCUT2D eigenvalue weighted by Crippen LogP contribution is 2.43. The number of nitrogens with zero attached hydrogens (tertiary/aromatic N) is 4. The SMILES string of the molecule is c1ccc(-c2ccc(-c3ccc4c(c3)c3cc5ccccc5cc3n4-c3ccc(-c4nc(-c5ccccc5)nc(-c5ccccc5)n4)c4c3oc3ccccc34)cc2)cc1. The highest BCUT2D eigenvalue weighted by atomic mass is 16.3. The zero-order valence-electron chi connectivity index (χ0n) is 32.3. The van der Waals surface area contributed by atoms with Gasteiger partial charge in [-0.1, -0.05) is 164 Å². The minimum Gasteiger partial charge on any atom is -0.454 e. The molecule has 0 radical (unpaired) electrons. The predicted molar refractivity (Wildman–Crippen MR) is 246 cm³/mol. The van der Waals surface area contributed by atoms with E-state index in [4.69, 9.17) is 19.4 Å². The standard InChI is InChI=1S/C55H34N4O/c1-4-14-35(15-5-1)36-24-26-37(27-25-36)42-28-30-47-45(33-42)46-32-40-20-10-11-21-41(40)34-49(46)59(47)48-31-29-44(51-43-22-12-13-23-50(43)60-52(48)51)55-57-53(38-16-6-2-7-17-38)56-54(58-55)39-18-8-3-9-19-39/h1-34H. The molecule has 0 aliphatic rings. The molecule has 0 unspecified atom stereocenters. The predicted octanol–water partition coefficient (Wildman–Crippen LogP) is 14.4. The molecule has 0 aliphatic heterocycles. The molecule has 0 spiro atoms. The fourth-order valence-electron chi connectivity index (χ4n) is 8.74. The molecule has 0 bridgehead atoms. The maximum atomic E-state index is 6.93. The third-order valence-electron chi connectivity index (χ3n) is 11.6. The lowest BCUT2D eigenvalue weighted by molar-refractivity contribution is 0.666. The van der Waals surface area contributed by atoms with Gasteiger partial charge in [-0.05, 0) is 75.5 Å². The smallest absolute Gasteiger partial charge is 0.164 e. The van der Waals surface area contributed by atoms with Crippen LogP contribution in [-0.2, 0) is 0 Å². The lowest BCUT2D eigenvalue weighted by atomic mass is 9.99. The molecule has 5 nitrogen and oxygen atoms in total. The van der Waals surface area contributed by atoms with Gasteiger partial charge < -0.3 is 8.98 Å². The van der Waals surface area contributed by atoms with Gasteiger partial charge in [0.2, 0.25) is 0 Å². The van der Waals surface area contributed by atoms with Crippen molar-refractivity contribution in [2.24, 2.45) is 0 Å². The molecule has 0 saturated carbocycles. The normalized spacial score (nSPS) is 11.7. The van der Waals surface area contributed by atoms with Crippen molar-refractivity contribution in [2.45, 2.75) is 0 Å². The first kappa shape index (κ1) is 33.9. The molecule has 3 aromatic heterocycles. The summed E-state index contributed by atoms with van der Waals surface area (Å²) in [5.74, 6) is 1.82. The summed E-state index contributed by atoms with van der Waals surface area (Å²) in [5.41, 5.74) is 12.2. The summed E-state index contributed by atoms with van der Waals surface area (Å²) >= 11 is 0. The molecular formula is C55H34N4O. The Balaban J connectivity index is 1.10. The molecule has 12 rings (SSSR count). The monoisotopic (exact) mass is 766 g/mol. The zero-order chi connectivity index (χ0) is 39.6. The molecule has 280 valence electrons. The van der Waals surface area contributed by atoms with E-state index in [1.807, 2.05) is 72.8 Å². The Bertz CT molecular complexity index is 3520. The van der Waals surface area contributed by atoms with E-state index in [1.54, 1.807) is 0 Å². The number of hydrogen-bond acceptors (Lipinski definition) is 4. The van der Waals surface area contributed by atoms with Gasteiger partial charge in [0.25, 0.3) is 0 Å². The van der Waals surface area contributed by atoms with E-state index < -0.39 is 0 Å². The molecule has 3 heterocycles. The fraction of sp³-hybridized carbons (Fsp3) is 0. The summed E-state index contributed by atoms with van der Waals surface area (Å²) in [6.45, 7) is 0. The van der Waals surface area contributed by atoms with Crippen molar-refractivity contribution in [3.8, 4) is 62.1 Å². The zero-order valence-corrected chi connectivity index (χ0v) is 32.3. The van der Waals surface area contributed by atoms with Crippen molar-refractivity contribution in [2.75, 3.05) is 0 Å². The van der Waals surface area contributed by atoms with Crippen LogP contribution in [0.2, 0.25) is 0 Å². The second-order valence-electron chi connectivity index (χ2n) is 15.2. The van der Waals surface area contributed by atoms with Gasteiger partial charge in [0, 0.05) is 38.2 Å². The van der Waals surface area contributed by atoms with Gasteiger partial charge >= 0.3 is 0 Å². The van der Waals surface area contributed by atoms with Gasteiger partial charge in [0.05, 0.1) is 16.7 Å². The van der Waals surface area contributed by atoms with Gasteiger partial charge in [-0.3, -0.25) is 0 Å². The van der Waals surface area contributed by atoms with E-state index in [-0.39, 0.29) is 0 Å². The van der Waals surface area contributed by atoms with Crippen LogP contribution < -0.4 is 0 Å². The lowest BCUT2D eigenvalue weighted by Gasteiger charge is -2.13. The molecule has 5 heteroatoms. The summed E-state index contributed by atoms with van der Waals surface area (Å²) in [6.07, 6.45) is 0. The van der Waals surface area contributed by atoms with Gasteiger partial charge in [0.15, 0.2) is 23.1 Å². The Labute approximate surface area is 345 Å². The number of fused-ring (bicyclic) bond motifs is 7. The number of furan rings is 1. The van der Waals surface area contributed by atoms with E-state index in [1.165, 1.54) is 38.2 Å². The average molecular weight is 767 g/mol. The molecule has 0 aliphatic carbocycles. The number of aromatic nitrogens is 4. The number of para-hydroxylation sites is 1. The summed E-state index contributed by atoms with van der Waals surface area (Å²) in [4.78, 5) is 15.3. The van der Waals surface area contributed by atoms with Gasteiger partial charge in [0.1, 0.15) is 5.58 Å². The molecule has 0 saturated heterocycles. The van der Waals surface area contributed by atoms with Crippen molar-refractivity contribution in [1.29, 1.82) is 0 Å². The first-order valence-corrected chi connectivity index (χ1v) is 20.2. The third kappa shape index (κ3) is 5.59. The fourth-order valence-corrected chi connectivity index (χ4v) is 8.74. The van der Waals surface area contributed by atoms with Crippen LogP contribution in [0.25, 0.3) is 117 Å². The lowest BCUT2D eigenvalue weighted by Crippen LogP contribution is -2.01. The Morgan fingerprint density at radius 2 is 0.867 bits per heavy atom. The van der Waals surface area contributed by atoms with Gasteiger partial charge in [-0.25, -0.2) is 15.0 Å². The summed E-state index contributed by atoms with van der Waals surface area (Å²) in [6, 6.07) is 72.2. The van der Waals surface area contributed by atoms with Gasteiger partial charge in [-0.15, -0.1) is 0 Å². The number of rotatable bonds is 6. The van der Waals surface area contributed by atoms with Crippen LogP contribution in [0, 0.1) is 0 Å². The molecule has 0 N–H and O–H groups in total. The van der Waals surface area contributed by atoms with Crippen LogP contribution in [0.3, 0.4) is 0 Å². The van der Waals surface area contributed by atoms with Crippen molar-refractivity contribution in [1.82, 2.24) is 19.5 Å². The van der Waals surface area contributed by atoms with Crippen molar-refractivity contribution in [3.63, 3.8) is 0 Å². The van der Waals surface area contributed by atoms with E-state index in [2.05, 4.69) is 138 Å². The minimum absolute atomic E-state index is 0.585. The molecule has 12 aromatic rings. The first-order chi connectivity index (χ1) is 29.7. The molecule has 60 heavy (non-hydrogen) atoms. The van der Waals surface area contributed by atoms with E-state index in [0.29, 0.717) is 17.5 Å². The quantitative estimate of drug-likeness (QED) is 0.169. The number of benzene rings is 9. The number of hydrogen-bond donors (Lipinski definition) is 0. The first-order valence-electron chi connectivity index (χ1n) is 20.2. The second-order valence-corrected chi connectivity index (χ2v) is 15.2. The van der Waals surface area contributed by atoms with Crippen LogP contribution in [-0.4, -0.2) is 19.5 Å². The molecule has 0 fully saturated rings. The van der Waals surface area contributed by atoms with E-state index in [0.717, 1.165) is 60.9 Å². The second kappa shape index (κ2) is 13.8. The third-order valence-corrected chi connectivity index (χ3v) is 11.6. The Morgan fingerprint density at radius 1 is 0.350 bits per heavy atom. The Kier molecular flexibility index (Phi) is 7.78. The highest BCUT2D eigenvalue weighted by molar-refractivity contribution is 6.18. The Hall–Kier alpha value is -8.15. The van der Waals surface area contributed by atoms with Crippen LogP contribution in [0.5, 0.6) is 0 Å². The van der Waals surface area contributed by atoms with Crippen molar-refractivity contribution < 1.29 is 4.42 Å². The van der Waals surface area contributed by atoms with Crippen LogP contribution in [0.4, 0.5) is 0 Å². The largest absolute Gasteiger partial charge is 0.454 e. The molecular weight excluding hydrogens is 733 g/mol. The van der Waals surface area contributed by atoms with Crippen molar-refractivity contribution >= 4 is 54.5 Å². The van der Waals surface area contributed by atoms with Crippen LogP contribution in [0.15, 0.2) is 211 Å². The van der Waals surface area contributed by atoms with Gasteiger partial charge in [-0.2, -0.15) is 0 Å². The molecule has 9 aromatic carbocycles. The minimum atomic E-state index is 0.585. The van der Waals surface area contributed by atoms with E-state index >= 15 is 0 Å². The Morgan fingerprint density at radius 3 is 1.55 bits per heavy atom. The summed E-state index contributed by atoms with van der Waals surface area (Å²) in [7, 11) is 0. The van der Waals surface area contributed by atoms with Crippen molar-refractivity contribution in [3.05, 3.63) is 206 Å². The maximum Gasteiger partial charge on any atom is 0.164 e. The highest BCUT2D eigenvalue weighted by Gasteiger charge is 2.23. The maximum absolute atomic E-state index is 6.93. The van der Waals surface area contributed by atoms with E-state index in [9.17, 15) is 0 Å². The topological polar surface area (TPSA) is 56.7 Å². The van der Waals surface area contributed by atoms with Crippen LogP contribution in [0.1, 0.15) is 0 Å². The average Bonchev–Trinajstić information content (AvgIpc) is 3.87.